The number of nitrogens with zero attached hydrogens (tertiary/aromatic N) is 1. The quantitative estimate of drug-likeness (QED) is 0.813. The molecular weight excluding hydrogens is 268 g/mol. The first-order chi connectivity index (χ1) is 10.1. The molecule has 1 N–H and O–H groups in total. The molecule has 2 aliphatic carbocycles. The van der Waals surface area contributed by atoms with E-state index in [1.54, 1.807) is 0 Å². The lowest BCUT2D eigenvalue weighted by Crippen LogP contribution is -2.64. The van der Waals surface area contributed by atoms with Gasteiger partial charge in [-0.25, -0.2) is 4.79 Å². The molecule has 5 heteroatoms. The monoisotopic (exact) mass is 292 g/mol. The van der Waals surface area contributed by atoms with Crippen molar-refractivity contribution in [3.8, 4) is 0 Å². The predicted octanol–water partition coefficient (Wildman–Crippen LogP) is 2.60. The van der Waals surface area contributed by atoms with E-state index in [0.29, 0.717) is 25.3 Å². The predicted molar refractivity (Wildman–Crippen MR) is 77.3 cm³/mol. The fourth-order valence-corrected chi connectivity index (χ4v) is 3.80. The van der Waals surface area contributed by atoms with E-state index in [1.165, 1.54) is 24.2 Å². The maximum absolute atomic E-state index is 12.8. The molecule has 0 atom stereocenters. The molecule has 2 saturated carbocycles. The van der Waals surface area contributed by atoms with Crippen LogP contribution in [0.15, 0.2) is 0 Å². The Bertz CT molecular complexity index is 448. The van der Waals surface area contributed by atoms with Crippen molar-refractivity contribution in [3.05, 3.63) is 0 Å². The van der Waals surface area contributed by atoms with Crippen molar-refractivity contribution in [2.24, 2.45) is 11.3 Å². The van der Waals surface area contributed by atoms with E-state index in [1.807, 2.05) is 0 Å². The lowest BCUT2D eigenvalue weighted by molar-refractivity contribution is -0.152. The van der Waals surface area contributed by atoms with Gasteiger partial charge >= 0.3 is 6.03 Å². The van der Waals surface area contributed by atoms with Gasteiger partial charge in [0.15, 0.2) is 0 Å². The van der Waals surface area contributed by atoms with Gasteiger partial charge in [0.25, 0.3) is 0 Å². The number of imide groups is 2. The summed E-state index contributed by atoms with van der Waals surface area (Å²) < 4.78 is 0. The minimum absolute atomic E-state index is 0.238. The number of rotatable bonds is 3. The first kappa shape index (κ1) is 14.5. The molecule has 116 valence electrons. The van der Waals surface area contributed by atoms with Crippen LogP contribution in [0, 0.1) is 11.3 Å². The van der Waals surface area contributed by atoms with E-state index >= 15 is 0 Å². The van der Waals surface area contributed by atoms with Gasteiger partial charge in [-0.2, -0.15) is 0 Å². The van der Waals surface area contributed by atoms with Crippen molar-refractivity contribution in [1.29, 1.82) is 0 Å². The number of carbonyl (C=O) groups is 3. The van der Waals surface area contributed by atoms with Gasteiger partial charge in [-0.15, -0.1) is 0 Å². The molecule has 4 amide bonds. The Morgan fingerprint density at radius 3 is 2.24 bits per heavy atom. The highest BCUT2D eigenvalue weighted by atomic mass is 16.2. The summed E-state index contributed by atoms with van der Waals surface area (Å²) in [7, 11) is 0. The zero-order valence-corrected chi connectivity index (χ0v) is 12.5. The number of hydrogen-bond acceptors (Lipinski definition) is 3. The molecule has 0 aromatic rings. The topological polar surface area (TPSA) is 66.5 Å². The highest BCUT2D eigenvalue weighted by Crippen LogP contribution is 2.39. The molecule has 1 heterocycles. The van der Waals surface area contributed by atoms with Crippen LogP contribution in [0.4, 0.5) is 4.79 Å². The largest absolute Gasteiger partial charge is 0.330 e. The van der Waals surface area contributed by atoms with Crippen LogP contribution in [0.1, 0.15) is 64.2 Å². The Labute approximate surface area is 125 Å². The Hall–Kier alpha value is -1.39. The first-order valence-electron chi connectivity index (χ1n) is 8.31. The molecule has 0 aromatic heterocycles. The van der Waals surface area contributed by atoms with Crippen molar-refractivity contribution in [3.63, 3.8) is 0 Å². The average Bonchev–Trinajstić information content (AvgIpc) is 2.65. The zero-order valence-electron chi connectivity index (χ0n) is 12.5. The standard InChI is InChI=1S/C16H24N2O3/c19-13-16(9-3-1-2-4-10-16)14(20)18(15(21)17-13)11-8-12-6-5-7-12/h12H,1-11H2,(H,17,19,21). The van der Waals surface area contributed by atoms with E-state index in [2.05, 4.69) is 5.32 Å². The van der Waals surface area contributed by atoms with Crippen molar-refractivity contribution in [1.82, 2.24) is 10.2 Å². The van der Waals surface area contributed by atoms with E-state index in [-0.39, 0.29) is 11.8 Å². The summed E-state index contributed by atoms with van der Waals surface area (Å²) in [5.41, 5.74) is -0.968. The third kappa shape index (κ3) is 2.58. The van der Waals surface area contributed by atoms with Gasteiger partial charge in [-0.1, -0.05) is 44.9 Å². The Morgan fingerprint density at radius 2 is 1.67 bits per heavy atom. The maximum atomic E-state index is 12.8. The second-order valence-electron chi connectivity index (χ2n) is 6.80. The number of hydrogen-bond donors (Lipinski definition) is 1. The molecule has 3 rings (SSSR count). The Balaban J connectivity index is 1.75. The number of amides is 4. The van der Waals surface area contributed by atoms with Crippen LogP contribution in [0.2, 0.25) is 0 Å². The highest BCUT2D eigenvalue weighted by Gasteiger charge is 2.53. The summed E-state index contributed by atoms with van der Waals surface area (Å²) in [4.78, 5) is 38.5. The number of carbonyl (C=O) groups excluding carboxylic acids is 3. The van der Waals surface area contributed by atoms with Gasteiger partial charge < -0.3 is 0 Å². The molecule has 0 bridgehead atoms. The fraction of sp³-hybridized carbons (Fsp3) is 0.812. The number of urea groups is 1. The van der Waals surface area contributed by atoms with Crippen LogP contribution < -0.4 is 5.32 Å². The molecule has 0 radical (unpaired) electrons. The van der Waals surface area contributed by atoms with E-state index in [4.69, 9.17) is 0 Å². The lowest BCUT2D eigenvalue weighted by atomic mass is 9.76. The van der Waals surface area contributed by atoms with Gasteiger partial charge in [0.05, 0.1) is 0 Å². The molecular formula is C16H24N2O3. The van der Waals surface area contributed by atoms with Crippen LogP contribution in [-0.2, 0) is 9.59 Å². The van der Waals surface area contributed by atoms with E-state index < -0.39 is 11.4 Å². The second kappa shape index (κ2) is 5.78. The fourth-order valence-electron chi connectivity index (χ4n) is 3.80. The SMILES string of the molecule is O=C1NC(=O)C2(CCCCCC2)C(=O)N1CCC1CCC1. The summed E-state index contributed by atoms with van der Waals surface area (Å²) in [5.74, 6) is 0.0464. The van der Waals surface area contributed by atoms with E-state index in [0.717, 1.165) is 32.1 Å². The van der Waals surface area contributed by atoms with Crippen LogP contribution >= 0.6 is 0 Å². The smallest absolute Gasteiger partial charge is 0.277 e. The maximum Gasteiger partial charge on any atom is 0.330 e. The molecule has 0 unspecified atom stereocenters. The summed E-state index contributed by atoms with van der Waals surface area (Å²) >= 11 is 0. The Kier molecular flexibility index (Phi) is 4.00. The summed E-state index contributed by atoms with van der Waals surface area (Å²) in [6, 6.07) is -0.515. The van der Waals surface area contributed by atoms with Crippen LogP contribution in [0.3, 0.4) is 0 Å². The van der Waals surface area contributed by atoms with Crippen molar-refractivity contribution >= 4 is 17.8 Å². The molecule has 1 saturated heterocycles. The van der Waals surface area contributed by atoms with Gasteiger partial charge in [0, 0.05) is 6.54 Å². The first-order valence-corrected chi connectivity index (χ1v) is 8.31. The number of nitrogens with one attached hydrogen (secondary N) is 1. The summed E-state index contributed by atoms with van der Waals surface area (Å²) in [6.07, 6.45) is 9.64. The van der Waals surface area contributed by atoms with Crippen molar-refractivity contribution in [2.45, 2.75) is 64.2 Å². The minimum Gasteiger partial charge on any atom is -0.277 e. The molecule has 5 nitrogen and oxygen atoms in total. The average molecular weight is 292 g/mol. The van der Waals surface area contributed by atoms with Crippen LogP contribution in [0.25, 0.3) is 0 Å². The highest BCUT2D eigenvalue weighted by molar-refractivity contribution is 6.19. The summed E-state index contributed by atoms with van der Waals surface area (Å²) in [5, 5.41) is 2.44. The molecule has 0 aromatic carbocycles. The minimum atomic E-state index is -0.968. The van der Waals surface area contributed by atoms with Gasteiger partial charge in [-0.05, 0) is 25.2 Å². The van der Waals surface area contributed by atoms with Gasteiger partial charge in [0.2, 0.25) is 11.8 Å². The normalized spacial score (nSPS) is 26.5. The zero-order chi connectivity index (χ0) is 14.9. The molecule has 3 fully saturated rings. The second-order valence-corrected chi connectivity index (χ2v) is 6.80. The summed E-state index contributed by atoms with van der Waals surface area (Å²) in [6.45, 7) is 0.463. The molecule has 21 heavy (non-hydrogen) atoms. The van der Waals surface area contributed by atoms with Crippen molar-refractivity contribution < 1.29 is 14.4 Å². The van der Waals surface area contributed by atoms with Gasteiger partial charge in [-0.3, -0.25) is 19.8 Å². The molecule has 3 aliphatic rings. The van der Waals surface area contributed by atoms with E-state index in [9.17, 15) is 14.4 Å². The molecule has 1 aliphatic heterocycles. The third-order valence-electron chi connectivity index (χ3n) is 5.50. The van der Waals surface area contributed by atoms with Crippen LogP contribution in [-0.4, -0.2) is 29.3 Å². The van der Waals surface area contributed by atoms with Gasteiger partial charge in [0.1, 0.15) is 5.41 Å². The van der Waals surface area contributed by atoms with Crippen molar-refractivity contribution in [2.75, 3.05) is 6.54 Å². The van der Waals surface area contributed by atoms with Crippen LogP contribution in [0.5, 0.6) is 0 Å². The Morgan fingerprint density at radius 1 is 1.00 bits per heavy atom. The number of barbiturate groups is 1. The molecule has 1 spiro atoms. The third-order valence-corrected chi connectivity index (χ3v) is 5.50. The lowest BCUT2D eigenvalue weighted by Gasteiger charge is -2.39.